The molecule has 0 aliphatic carbocycles. The van der Waals surface area contributed by atoms with Crippen LogP contribution in [0.1, 0.15) is 29.9 Å². The van der Waals surface area contributed by atoms with Gasteiger partial charge in [-0.05, 0) is 25.5 Å². The Kier molecular flexibility index (Phi) is 5.30. The summed E-state index contributed by atoms with van der Waals surface area (Å²) in [6, 6.07) is 7.31. The second-order valence-corrected chi connectivity index (χ2v) is 9.32. The van der Waals surface area contributed by atoms with Crippen LogP contribution < -0.4 is 5.32 Å². The summed E-state index contributed by atoms with van der Waals surface area (Å²) in [6.45, 7) is 4.13. The molecule has 188 valence electrons. The number of halogens is 3. The van der Waals surface area contributed by atoms with Crippen LogP contribution in [0.15, 0.2) is 48.9 Å². The zero-order valence-corrected chi connectivity index (χ0v) is 20.8. The predicted octanol–water partition coefficient (Wildman–Crippen LogP) is 4.75. The van der Waals surface area contributed by atoms with E-state index in [0.717, 1.165) is 11.4 Å². The van der Waals surface area contributed by atoms with Gasteiger partial charge in [-0.2, -0.15) is 13.9 Å². The van der Waals surface area contributed by atoms with E-state index in [2.05, 4.69) is 30.6 Å². The van der Waals surface area contributed by atoms with Crippen molar-refractivity contribution in [2.45, 2.75) is 32.4 Å². The molecule has 0 unspecified atom stereocenters. The number of rotatable bonds is 5. The summed E-state index contributed by atoms with van der Waals surface area (Å²) in [7, 11) is 1.81. The molecule has 0 spiro atoms. The molecule has 13 heteroatoms. The van der Waals surface area contributed by atoms with Crippen molar-refractivity contribution in [1.82, 2.24) is 44.1 Å². The van der Waals surface area contributed by atoms with Gasteiger partial charge in [-0.25, -0.2) is 15.0 Å². The average Bonchev–Trinajstić information content (AvgIpc) is 3.59. The molecule has 1 aromatic carbocycles. The lowest BCUT2D eigenvalue weighted by Gasteiger charge is -2.26. The lowest BCUT2D eigenvalue weighted by atomic mass is 10.1. The van der Waals surface area contributed by atoms with Crippen LogP contribution in [-0.4, -0.2) is 44.1 Å². The van der Waals surface area contributed by atoms with E-state index in [1.807, 2.05) is 37.7 Å². The minimum absolute atomic E-state index is 0.0353. The summed E-state index contributed by atoms with van der Waals surface area (Å²) in [4.78, 5) is 13.7. The highest BCUT2D eigenvalue weighted by atomic mass is 35.5. The van der Waals surface area contributed by atoms with Gasteiger partial charge in [0.2, 0.25) is 17.6 Å². The Labute approximate surface area is 215 Å². The van der Waals surface area contributed by atoms with E-state index in [0.29, 0.717) is 29.7 Å². The Morgan fingerprint density at radius 1 is 1.11 bits per heavy atom. The van der Waals surface area contributed by atoms with E-state index in [4.69, 9.17) is 16.6 Å². The molecule has 1 aliphatic heterocycles. The molecular formula is C24H21ClF2N10. The number of imidazole rings is 1. The molecule has 5 heterocycles. The molecular weight excluding hydrogens is 502 g/mol. The summed E-state index contributed by atoms with van der Waals surface area (Å²) >= 11 is 6.10. The Morgan fingerprint density at radius 2 is 1.92 bits per heavy atom. The molecule has 1 atom stereocenters. The van der Waals surface area contributed by atoms with Crippen molar-refractivity contribution in [3.63, 3.8) is 0 Å². The highest BCUT2D eigenvalue weighted by Gasteiger charge is 2.44. The number of nitrogens with zero attached hydrogens (tertiary/aromatic N) is 9. The predicted molar refractivity (Wildman–Crippen MR) is 133 cm³/mol. The van der Waals surface area contributed by atoms with Crippen molar-refractivity contribution >= 4 is 23.4 Å². The smallest absolute Gasteiger partial charge is 0.326 e. The van der Waals surface area contributed by atoms with Crippen molar-refractivity contribution in [1.29, 1.82) is 0 Å². The summed E-state index contributed by atoms with van der Waals surface area (Å²) < 4.78 is 36.2. The zero-order chi connectivity index (χ0) is 25.9. The number of benzene rings is 1. The van der Waals surface area contributed by atoms with Crippen molar-refractivity contribution in [2.75, 3.05) is 5.32 Å². The normalized spacial score (nSPS) is 14.9. The van der Waals surface area contributed by atoms with E-state index in [1.165, 1.54) is 22.8 Å². The number of hydrogen-bond donors (Lipinski definition) is 1. The minimum atomic E-state index is -3.44. The summed E-state index contributed by atoms with van der Waals surface area (Å²) in [5.41, 5.74) is 1.68. The van der Waals surface area contributed by atoms with Gasteiger partial charge in [0.25, 0.3) is 0 Å². The number of nitrogens with one attached hydrogen (secondary N) is 1. The summed E-state index contributed by atoms with van der Waals surface area (Å²) in [6.07, 6.45) is 5.22. The van der Waals surface area contributed by atoms with Gasteiger partial charge in [-0.3, -0.25) is 9.25 Å². The van der Waals surface area contributed by atoms with Crippen LogP contribution >= 0.6 is 11.6 Å². The first-order valence-corrected chi connectivity index (χ1v) is 11.9. The highest BCUT2D eigenvalue weighted by molar-refractivity contribution is 6.31. The molecule has 0 bridgehead atoms. The van der Waals surface area contributed by atoms with Crippen molar-refractivity contribution in [2.24, 2.45) is 7.05 Å². The van der Waals surface area contributed by atoms with Gasteiger partial charge in [-0.15, -0.1) is 10.2 Å². The molecule has 6 rings (SSSR count). The SMILES string of the molecule is Cc1cnc(Nc2ccnn2C)nc1-c1cn2c(n1)-c1nnc(C(F)(F)c3ccccc3Cl)n1[C@@H](C)C2. The molecule has 0 saturated carbocycles. The number of aromatic nitrogens is 9. The first kappa shape index (κ1) is 23.2. The van der Waals surface area contributed by atoms with Crippen molar-refractivity contribution in [3.05, 3.63) is 70.9 Å². The lowest BCUT2D eigenvalue weighted by molar-refractivity contribution is 0.0269. The molecule has 1 aliphatic rings. The Bertz CT molecular complexity index is 1640. The highest BCUT2D eigenvalue weighted by Crippen LogP contribution is 2.42. The Balaban J connectivity index is 1.40. The molecule has 0 fully saturated rings. The number of fused-ring (bicyclic) bond motifs is 3. The second kappa shape index (κ2) is 8.44. The number of alkyl halides is 2. The van der Waals surface area contributed by atoms with Gasteiger partial charge in [0.05, 0.1) is 23.0 Å². The Morgan fingerprint density at radius 3 is 2.68 bits per heavy atom. The molecule has 5 aromatic rings. The average molecular weight is 523 g/mol. The van der Waals surface area contributed by atoms with E-state index in [-0.39, 0.29) is 22.5 Å². The first-order chi connectivity index (χ1) is 17.7. The topological polar surface area (TPSA) is 104 Å². The fraction of sp³-hybridized carbons (Fsp3) is 0.250. The van der Waals surface area contributed by atoms with Gasteiger partial charge in [0.15, 0.2) is 5.82 Å². The van der Waals surface area contributed by atoms with E-state index in [9.17, 15) is 0 Å². The lowest BCUT2D eigenvalue weighted by Crippen LogP contribution is -2.28. The van der Waals surface area contributed by atoms with Gasteiger partial charge in [-0.1, -0.05) is 29.8 Å². The second-order valence-electron chi connectivity index (χ2n) is 8.91. The fourth-order valence-electron chi connectivity index (χ4n) is 4.50. The fourth-order valence-corrected chi connectivity index (χ4v) is 4.75. The van der Waals surface area contributed by atoms with Crippen LogP contribution in [-0.2, 0) is 19.5 Å². The maximum atomic E-state index is 15.6. The molecule has 1 N–H and O–H groups in total. The summed E-state index contributed by atoms with van der Waals surface area (Å²) in [5, 5.41) is 15.3. The quantitative estimate of drug-likeness (QED) is 0.355. The number of aryl methyl sites for hydroxylation is 2. The Hall–Kier alpha value is -4.19. The van der Waals surface area contributed by atoms with Crippen LogP contribution in [0.25, 0.3) is 23.0 Å². The third kappa shape index (κ3) is 3.75. The largest absolute Gasteiger partial charge is 0.333 e. The molecule has 37 heavy (non-hydrogen) atoms. The van der Waals surface area contributed by atoms with E-state index < -0.39 is 11.7 Å². The van der Waals surface area contributed by atoms with Gasteiger partial charge >= 0.3 is 5.92 Å². The third-order valence-electron chi connectivity index (χ3n) is 6.34. The van der Waals surface area contributed by atoms with Crippen LogP contribution in [0.3, 0.4) is 0 Å². The minimum Gasteiger partial charge on any atom is -0.326 e. The maximum absolute atomic E-state index is 15.6. The first-order valence-electron chi connectivity index (χ1n) is 11.5. The molecule has 0 amide bonds. The van der Waals surface area contributed by atoms with Crippen LogP contribution in [0.2, 0.25) is 5.02 Å². The van der Waals surface area contributed by atoms with Crippen LogP contribution in [0, 0.1) is 6.92 Å². The monoisotopic (exact) mass is 522 g/mol. The zero-order valence-electron chi connectivity index (χ0n) is 20.1. The standard InChI is InChI=1S/C24H21ClF2N10/c1-13-10-28-23(31-18-8-9-29-35(18)3)32-19(13)17-12-36-11-14(2)37-21(20(36)30-17)33-34-22(37)24(26,27)15-6-4-5-7-16(15)25/h4-10,12,14H,11H2,1-3H3,(H,28,31,32)/t14-/m0/s1. The third-order valence-corrected chi connectivity index (χ3v) is 6.67. The van der Waals surface area contributed by atoms with E-state index in [1.54, 1.807) is 23.1 Å². The molecule has 4 aromatic heterocycles. The number of hydrogen-bond acceptors (Lipinski definition) is 7. The molecule has 0 saturated heterocycles. The molecule has 10 nitrogen and oxygen atoms in total. The summed E-state index contributed by atoms with van der Waals surface area (Å²) in [5.74, 6) is -2.11. The van der Waals surface area contributed by atoms with E-state index >= 15 is 8.78 Å². The van der Waals surface area contributed by atoms with Gasteiger partial charge in [0.1, 0.15) is 11.5 Å². The maximum Gasteiger partial charge on any atom is 0.333 e. The van der Waals surface area contributed by atoms with Crippen molar-refractivity contribution in [3.8, 4) is 23.0 Å². The van der Waals surface area contributed by atoms with Crippen LogP contribution in [0.4, 0.5) is 20.5 Å². The van der Waals surface area contributed by atoms with Crippen LogP contribution in [0.5, 0.6) is 0 Å². The number of anilines is 2. The van der Waals surface area contributed by atoms with Crippen molar-refractivity contribution < 1.29 is 8.78 Å². The molecule has 0 radical (unpaired) electrons. The van der Waals surface area contributed by atoms with Gasteiger partial charge in [0, 0.05) is 37.6 Å². The van der Waals surface area contributed by atoms with Gasteiger partial charge < -0.3 is 9.88 Å².